The number of carbonyl (C=O) groups is 6. The molecular formula is C84H86O43. The number of rotatable bonds is 31. The first-order valence-corrected chi connectivity index (χ1v) is 38.6. The lowest BCUT2D eigenvalue weighted by Crippen LogP contribution is -2.60. The molecule has 8 aliphatic rings. The standard InChI is InChI=1S/C84H86O43/c85-41-13-1-36(2-14-41)9-21-58(91)112-31-52-64(97)69(102)74(107)80(123-52)117-44-17-5-38(6-18-44)11-23-60(93)114-33-54-66(99)71(104)76(109)82(125-54)120-49-25-40(79-51(29-46-47(88)27-43(87)28-48(46)119-79)122-84-78(111)73(106)68(101)56(127-84)35-116-62(95)30-57(89)90)26-50(63(49)96)121-83-77(110)72(105)67(100)55(126-83)34-115-61(94)24-12-39-7-19-45(20-8-39)118-81-75(108)70(103)65(98)53(124-81)32-113-59(92)22-10-37-3-15-42(86)16-4-37/h1-29,52-56,64-78,80-85,87,92,96-111H,30-35H2,(H,89,90)/b21-9?,23-11+,24-12+,59-22?/t52-,53-,54-,55-,56-,64-,65-,66-,67-,68-,69+,70+,71+,72+,73+,74-,75-,76-,77-,78-,80-,81-,82-,83-,84-/m1/s1. The number of hydrogen-bond acceptors (Lipinski definition) is 42. The van der Waals surface area contributed by atoms with E-state index < -0.39 is 286 Å². The number of aliphatic carboxylic acids is 1. The van der Waals surface area contributed by atoms with Gasteiger partial charge in [0.15, 0.2) is 34.2 Å². The highest BCUT2D eigenvalue weighted by molar-refractivity contribution is 6.01. The Kier molecular flexibility index (Phi) is 31.0. The summed E-state index contributed by atoms with van der Waals surface area (Å²) < 4.78 is 90.5. The first-order valence-electron chi connectivity index (χ1n) is 38.6. The second kappa shape index (κ2) is 41.9. The Morgan fingerprint density at radius 1 is 0.370 bits per heavy atom. The summed E-state index contributed by atoms with van der Waals surface area (Å²) in [6.07, 6.45) is -34.8. The van der Waals surface area contributed by atoms with Gasteiger partial charge in [0.1, 0.15) is 190 Å². The van der Waals surface area contributed by atoms with Crippen molar-refractivity contribution in [1.82, 2.24) is 0 Å². The molecule has 0 aromatic heterocycles. The van der Waals surface area contributed by atoms with E-state index in [2.05, 4.69) is 0 Å². The van der Waals surface area contributed by atoms with Gasteiger partial charge in [-0.3, -0.25) is 19.2 Å². The minimum absolute atomic E-state index is 0.00213. The molecule has 0 spiro atoms. The quantitative estimate of drug-likeness (QED) is 0.00691. The topological polar surface area (TPSA) is 676 Å². The maximum Gasteiger partial charge on any atom is 0.330 e. The number of aliphatic hydroxyl groups is 16. The lowest BCUT2D eigenvalue weighted by atomic mass is 9.99. The van der Waals surface area contributed by atoms with Gasteiger partial charge in [0.05, 0.1) is 5.56 Å². The van der Waals surface area contributed by atoms with E-state index in [0.29, 0.717) is 22.3 Å². The summed E-state index contributed by atoms with van der Waals surface area (Å²) in [5.41, 5.74) is -0.120. The molecule has 2 aliphatic carbocycles. The van der Waals surface area contributed by atoms with Crippen LogP contribution >= 0.6 is 0 Å². The molecule has 20 N–H and O–H groups in total. The van der Waals surface area contributed by atoms with Crippen molar-refractivity contribution in [3.8, 4) is 68.6 Å². The largest absolute Gasteiger partial charge is 0.508 e. The molecule has 0 saturated carbocycles. The van der Waals surface area contributed by atoms with Gasteiger partial charge in [-0.1, -0.05) is 48.6 Å². The van der Waals surface area contributed by atoms with Gasteiger partial charge in [0.25, 0.3) is 5.95 Å². The third-order valence-corrected chi connectivity index (χ3v) is 20.1. The van der Waals surface area contributed by atoms with Crippen LogP contribution in [-0.4, -0.2) is 324 Å². The van der Waals surface area contributed by atoms with Crippen LogP contribution in [0.1, 0.15) is 23.1 Å². The molecule has 25 atom stereocenters. The van der Waals surface area contributed by atoms with Crippen molar-refractivity contribution >= 4 is 53.9 Å². The van der Waals surface area contributed by atoms with Crippen LogP contribution in [0.2, 0.25) is 0 Å². The summed E-state index contributed by atoms with van der Waals surface area (Å²) in [6, 6.07) is 21.3. The molecule has 680 valence electrons. The predicted molar refractivity (Wildman–Crippen MR) is 419 cm³/mol. The van der Waals surface area contributed by atoms with Gasteiger partial charge >= 0.3 is 29.8 Å². The lowest BCUT2D eigenvalue weighted by molar-refractivity contribution is -0.279. The number of fused-ring (bicyclic) bond motifs is 1. The van der Waals surface area contributed by atoms with Crippen LogP contribution in [0.25, 0.3) is 40.9 Å². The Morgan fingerprint density at radius 3 is 1.11 bits per heavy atom. The van der Waals surface area contributed by atoms with E-state index in [-0.39, 0.29) is 23.0 Å². The van der Waals surface area contributed by atoms with Crippen molar-refractivity contribution in [2.75, 3.05) is 33.0 Å². The zero-order valence-electron chi connectivity index (χ0n) is 65.8. The number of carbonyl (C=O) groups excluding carboxylic acids is 5. The monoisotopic (exact) mass is 1780 g/mol. The van der Waals surface area contributed by atoms with Crippen LogP contribution < -0.4 is 29.1 Å². The van der Waals surface area contributed by atoms with Gasteiger partial charge in [-0.2, -0.15) is 0 Å². The van der Waals surface area contributed by atoms with Crippen molar-refractivity contribution in [2.24, 2.45) is 0 Å². The molecule has 5 fully saturated rings. The molecule has 0 unspecified atom stereocenters. The average Bonchev–Trinajstić information content (AvgIpc) is 0.759. The third kappa shape index (κ3) is 23.7. The summed E-state index contributed by atoms with van der Waals surface area (Å²) >= 11 is 0. The number of hydrogen-bond donors (Lipinski definition) is 20. The summed E-state index contributed by atoms with van der Waals surface area (Å²) in [7, 11) is 0. The molecule has 6 aliphatic heterocycles. The molecule has 4 aromatic carbocycles. The van der Waals surface area contributed by atoms with E-state index >= 15 is 0 Å². The highest BCUT2D eigenvalue weighted by Crippen LogP contribution is 2.48. The number of ketones is 1. The number of allylic oxidation sites excluding steroid dienone is 7. The number of benzene rings is 5. The molecule has 43 heteroatoms. The van der Waals surface area contributed by atoms with E-state index in [9.17, 15) is 131 Å². The van der Waals surface area contributed by atoms with Gasteiger partial charge in [-0.05, 0) is 113 Å². The van der Waals surface area contributed by atoms with Crippen LogP contribution in [0.3, 0.4) is 0 Å². The first-order chi connectivity index (χ1) is 60.5. The Bertz CT molecular complexity index is 5070. The number of carboxylic acid groups (broad SMARTS) is 1. The zero-order valence-corrected chi connectivity index (χ0v) is 65.8. The number of aliphatic hydroxyl groups excluding tert-OH is 16. The number of phenols is 3. The van der Waals surface area contributed by atoms with E-state index in [1.807, 2.05) is 0 Å². The molecule has 5 saturated heterocycles. The second-order valence-electron chi connectivity index (χ2n) is 29.2. The molecule has 0 bridgehead atoms. The number of esters is 4. The maximum absolute atomic E-state index is 13.5. The van der Waals surface area contributed by atoms with E-state index in [0.717, 1.165) is 54.6 Å². The number of carboxylic acids is 1. The molecule has 12 rings (SSSR count). The smallest absolute Gasteiger partial charge is 0.330 e. The molecule has 0 amide bonds. The van der Waals surface area contributed by atoms with E-state index in [1.54, 1.807) is 0 Å². The fourth-order valence-electron chi connectivity index (χ4n) is 13.1. The van der Waals surface area contributed by atoms with Crippen molar-refractivity contribution in [3.63, 3.8) is 0 Å². The molecule has 43 nitrogen and oxygen atoms in total. The normalized spacial score (nSPS) is 30.4. The van der Waals surface area contributed by atoms with Crippen molar-refractivity contribution in [1.29, 1.82) is 0 Å². The van der Waals surface area contributed by atoms with Gasteiger partial charge < -0.3 is 178 Å². The fraction of sp³-hybridized carbons (Fsp3) is 0.369. The Balaban J connectivity index is 0.742. The second-order valence-corrected chi connectivity index (χ2v) is 29.2. The minimum Gasteiger partial charge on any atom is -0.508 e. The van der Waals surface area contributed by atoms with Crippen molar-refractivity contribution in [3.05, 3.63) is 196 Å². The van der Waals surface area contributed by atoms with Crippen LogP contribution in [0.4, 0.5) is 0 Å². The summed E-state index contributed by atoms with van der Waals surface area (Å²) in [4.78, 5) is 87.5. The molecule has 4 aromatic rings. The SMILES string of the molecule is O=C1C=CC(=CC=C(O)OC[C@H]2O[C@@H](Oc3ccc(/C=C/C(=O)OC[C@H]4O[C@@H](Oc5cc(-c6oc7cc(O)cc(=O)c-7cc6O[C@@H]6O[C@H](COC(=O)CC(=O)O)[C@@H](O)[C@H](O)[C@H]6O)cc(O[C@@H]6O[C@H](COC(=O)/C=C/c7ccc(O[C@@H]8O[C@H](COC(=O)C=Cc9ccc(O)cc9)[C@@H](O)[C@H](O)[C@H]8O)cc7)[C@@H](O)[C@H](O)[C@H]6O)c5O)[C@H](O)[C@@H](O)[C@@H]4O)cc3)[C@H](O)[C@@H](O)[C@@H]2O)C=C1. The van der Waals surface area contributed by atoms with Gasteiger partial charge in [-0.15, -0.1) is 0 Å². The molecule has 6 heterocycles. The fourth-order valence-corrected chi connectivity index (χ4v) is 13.1. The van der Waals surface area contributed by atoms with Crippen LogP contribution in [0, 0.1) is 0 Å². The Labute approximate surface area is 715 Å². The lowest BCUT2D eigenvalue weighted by Gasteiger charge is -2.40. The van der Waals surface area contributed by atoms with Gasteiger partial charge in [0.2, 0.25) is 37.2 Å². The Morgan fingerprint density at radius 2 is 0.724 bits per heavy atom. The van der Waals surface area contributed by atoms with E-state index in [4.69, 9.17) is 80.6 Å². The van der Waals surface area contributed by atoms with Gasteiger partial charge in [0, 0.05) is 42.0 Å². The van der Waals surface area contributed by atoms with Gasteiger partial charge in [-0.25, -0.2) is 14.4 Å². The van der Waals surface area contributed by atoms with Crippen molar-refractivity contribution < 1.29 is 206 Å². The summed E-state index contributed by atoms with van der Waals surface area (Å²) in [6.45, 7) is -3.93. The molecular weight excluding hydrogens is 1700 g/mol. The number of phenolic OH excluding ortho intramolecular Hbond substituents is 3. The summed E-state index contributed by atoms with van der Waals surface area (Å²) in [5.74, 6) is -12.3. The first kappa shape index (κ1) is 93.9. The van der Waals surface area contributed by atoms with Crippen molar-refractivity contribution in [2.45, 2.75) is 160 Å². The third-order valence-electron chi connectivity index (χ3n) is 20.1. The molecule has 127 heavy (non-hydrogen) atoms. The minimum atomic E-state index is -2.31. The predicted octanol–water partition coefficient (Wildman–Crippen LogP) is -2.71. The highest BCUT2D eigenvalue weighted by Gasteiger charge is 2.51. The highest BCUT2D eigenvalue weighted by atomic mass is 16.7. The van der Waals surface area contributed by atoms with Crippen LogP contribution in [0.15, 0.2) is 179 Å². The number of ether oxygens (including phenoxy) is 15. The maximum atomic E-state index is 13.5. The average molecular weight is 1780 g/mol. The number of aromatic hydroxyl groups is 3. The Hall–Kier alpha value is -12.3. The molecule has 0 radical (unpaired) electrons. The zero-order chi connectivity index (χ0) is 91.4. The van der Waals surface area contributed by atoms with E-state index in [1.165, 1.54) is 121 Å². The summed E-state index contributed by atoms with van der Waals surface area (Å²) in [5, 5.41) is 217. The van der Waals surface area contributed by atoms with Crippen LogP contribution in [0.5, 0.6) is 46.0 Å². The van der Waals surface area contributed by atoms with Crippen LogP contribution in [-0.2, 0) is 76.1 Å².